The molecule has 35 heavy (non-hydrogen) atoms. The van der Waals surface area contributed by atoms with Gasteiger partial charge in [-0.2, -0.15) is 0 Å². The molecule has 0 aromatic heterocycles. The Bertz CT molecular complexity index is 1090. The number of nitrogens with one attached hydrogen (secondary N) is 1. The Balaban J connectivity index is 2.15. The summed E-state index contributed by atoms with van der Waals surface area (Å²) < 4.78 is 26.0. The Hall–Kier alpha value is -2.58. The monoisotopic (exact) mass is 521 g/mol. The second-order valence-electron chi connectivity index (χ2n) is 8.92. The summed E-state index contributed by atoms with van der Waals surface area (Å²) in [6.45, 7) is 8.05. The molecule has 9 heteroatoms. The van der Waals surface area contributed by atoms with Gasteiger partial charge in [-0.25, -0.2) is 8.42 Å². The van der Waals surface area contributed by atoms with Crippen LogP contribution in [-0.2, 0) is 26.2 Å². The summed E-state index contributed by atoms with van der Waals surface area (Å²) in [5.74, 6) is -0.416. The summed E-state index contributed by atoms with van der Waals surface area (Å²) in [7, 11) is -3.55. The molecule has 0 aliphatic heterocycles. The average molecular weight is 522 g/mol. The maximum absolute atomic E-state index is 13.3. The van der Waals surface area contributed by atoms with Crippen LogP contribution in [0.1, 0.15) is 51.2 Å². The zero-order chi connectivity index (χ0) is 26.2. The third-order valence-corrected chi connectivity index (χ3v) is 7.35. The number of halogens is 1. The van der Waals surface area contributed by atoms with Crippen LogP contribution in [0.3, 0.4) is 0 Å². The molecule has 2 unspecified atom stereocenters. The predicted molar refractivity (Wildman–Crippen MR) is 142 cm³/mol. The van der Waals surface area contributed by atoms with Gasteiger partial charge in [0.15, 0.2) is 0 Å². The van der Waals surface area contributed by atoms with Gasteiger partial charge in [0.05, 0.1) is 11.9 Å². The van der Waals surface area contributed by atoms with Crippen molar-refractivity contribution in [3.63, 3.8) is 0 Å². The van der Waals surface area contributed by atoms with Crippen molar-refractivity contribution in [2.75, 3.05) is 17.1 Å². The molecular weight excluding hydrogens is 486 g/mol. The lowest BCUT2D eigenvalue weighted by Gasteiger charge is -2.30. The molecule has 2 amide bonds. The third-order valence-electron chi connectivity index (χ3n) is 5.91. The van der Waals surface area contributed by atoms with Crippen LogP contribution >= 0.6 is 11.6 Å². The SMILES string of the molecule is CCC(C)NC(=O)C(C)N(Cc1ccc(C)cc1)C(=O)CCCN(c1ccc(Cl)cc1)S(C)(=O)=O. The van der Waals surface area contributed by atoms with Gasteiger partial charge in [0, 0.05) is 30.6 Å². The van der Waals surface area contributed by atoms with Crippen molar-refractivity contribution in [1.82, 2.24) is 10.2 Å². The summed E-state index contributed by atoms with van der Waals surface area (Å²) in [4.78, 5) is 27.7. The molecule has 0 heterocycles. The van der Waals surface area contributed by atoms with Crippen molar-refractivity contribution < 1.29 is 18.0 Å². The first-order chi connectivity index (χ1) is 16.4. The molecule has 0 bridgehead atoms. The topological polar surface area (TPSA) is 86.8 Å². The zero-order valence-corrected chi connectivity index (χ0v) is 22.7. The lowest BCUT2D eigenvalue weighted by molar-refractivity contribution is -0.140. The summed E-state index contributed by atoms with van der Waals surface area (Å²) >= 11 is 5.93. The number of benzene rings is 2. The molecule has 2 aromatic rings. The Morgan fingerprint density at radius 1 is 1.03 bits per heavy atom. The molecule has 7 nitrogen and oxygen atoms in total. The standard InChI is InChI=1S/C26H36ClN3O4S/c1-6-20(3)28-26(32)21(4)29(18-22-11-9-19(2)10-12-22)25(31)8-7-17-30(35(5,33)34)24-15-13-23(27)14-16-24/h9-16,20-21H,6-8,17-18H2,1-5H3,(H,28,32). The Morgan fingerprint density at radius 3 is 2.17 bits per heavy atom. The van der Waals surface area contributed by atoms with Gasteiger partial charge in [-0.15, -0.1) is 0 Å². The van der Waals surface area contributed by atoms with E-state index in [0.29, 0.717) is 23.7 Å². The molecule has 1 N–H and O–H groups in total. The number of carbonyl (C=O) groups excluding carboxylic acids is 2. The highest BCUT2D eigenvalue weighted by Crippen LogP contribution is 2.21. The van der Waals surface area contributed by atoms with Crippen LogP contribution in [0.4, 0.5) is 5.69 Å². The smallest absolute Gasteiger partial charge is 0.242 e. The van der Waals surface area contributed by atoms with Crippen LogP contribution in [0.5, 0.6) is 0 Å². The van der Waals surface area contributed by atoms with Crippen LogP contribution in [0.25, 0.3) is 0 Å². The third kappa shape index (κ3) is 8.85. The van der Waals surface area contributed by atoms with Crippen LogP contribution in [0, 0.1) is 6.92 Å². The van der Waals surface area contributed by atoms with Gasteiger partial charge in [-0.1, -0.05) is 48.4 Å². The maximum Gasteiger partial charge on any atom is 0.242 e. The molecule has 2 atom stereocenters. The van der Waals surface area contributed by atoms with Crippen molar-refractivity contribution in [2.45, 2.75) is 65.6 Å². The molecule has 0 saturated carbocycles. The number of rotatable bonds is 12. The largest absolute Gasteiger partial charge is 0.352 e. The highest BCUT2D eigenvalue weighted by atomic mass is 35.5. The van der Waals surface area contributed by atoms with Gasteiger partial charge in [0.1, 0.15) is 6.04 Å². The zero-order valence-electron chi connectivity index (χ0n) is 21.1. The minimum absolute atomic E-state index is 0.00368. The van der Waals surface area contributed by atoms with E-state index in [2.05, 4.69) is 5.32 Å². The van der Waals surface area contributed by atoms with Crippen LogP contribution in [0.2, 0.25) is 5.02 Å². The van der Waals surface area contributed by atoms with Crippen LogP contribution in [0.15, 0.2) is 48.5 Å². The highest BCUT2D eigenvalue weighted by molar-refractivity contribution is 7.92. The van der Waals surface area contributed by atoms with E-state index >= 15 is 0 Å². The Labute approximate surface area is 214 Å². The van der Waals surface area contributed by atoms with Crippen molar-refractivity contribution in [1.29, 1.82) is 0 Å². The first-order valence-electron chi connectivity index (χ1n) is 11.8. The van der Waals surface area contributed by atoms with Gasteiger partial charge in [0.2, 0.25) is 21.8 Å². The normalized spacial score (nSPS) is 13.1. The fourth-order valence-electron chi connectivity index (χ4n) is 3.55. The van der Waals surface area contributed by atoms with Crippen molar-refractivity contribution in [2.24, 2.45) is 0 Å². The number of anilines is 1. The molecule has 192 valence electrons. The number of carbonyl (C=O) groups is 2. The van der Waals surface area contributed by atoms with Gasteiger partial charge in [-0.05, 0) is 63.4 Å². The van der Waals surface area contributed by atoms with E-state index in [1.54, 1.807) is 36.1 Å². The minimum atomic E-state index is -3.55. The lowest BCUT2D eigenvalue weighted by Crippen LogP contribution is -2.49. The van der Waals surface area contributed by atoms with Gasteiger partial charge in [0.25, 0.3) is 0 Å². The first-order valence-corrected chi connectivity index (χ1v) is 14.0. The van der Waals surface area contributed by atoms with Crippen LogP contribution < -0.4 is 9.62 Å². The van der Waals surface area contributed by atoms with Crippen LogP contribution in [-0.4, -0.2) is 50.0 Å². The van der Waals surface area contributed by atoms with E-state index < -0.39 is 16.1 Å². The number of aryl methyl sites for hydroxylation is 1. The second-order valence-corrected chi connectivity index (χ2v) is 11.3. The fraction of sp³-hybridized carbons (Fsp3) is 0.462. The summed E-state index contributed by atoms with van der Waals surface area (Å²) in [5.41, 5.74) is 2.52. The van der Waals surface area contributed by atoms with E-state index in [1.165, 1.54) is 4.31 Å². The molecule has 0 aliphatic carbocycles. The van der Waals surface area contributed by atoms with Gasteiger partial charge < -0.3 is 10.2 Å². The number of hydrogen-bond donors (Lipinski definition) is 1. The molecule has 0 spiro atoms. The number of hydrogen-bond acceptors (Lipinski definition) is 4. The van der Waals surface area contributed by atoms with E-state index in [4.69, 9.17) is 11.6 Å². The van der Waals surface area contributed by atoms with E-state index in [1.807, 2.05) is 45.0 Å². The second kappa shape index (κ2) is 12.9. The predicted octanol–water partition coefficient (Wildman–Crippen LogP) is 4.53. The summed E-state index contributed by atoms with van der Waals surface area (Å²) in [5, 5.41) is 3.46. The van der Waals surface area contributed by atoms with E-state index in [-0.39, 0.29) is 30.8 Å². The van der Waals surface area contributed by atoms with Gasteiger partial charge in [-0.3, -0.25) is 13.9 Å². The average Bonchev–Trinajstić information content (AvgIpc) is 2.80. The number of amides is 2. The summed E-state index contributed by atoms with van der Waals surface area (Å²) in [6, 6.07) is 13.7. The minimum Gasteiger partial charge on any atom is -0.352 e. The molecule has 0 radical (unpaired) electrons. The molecule has 0 fully saturated rings. The van der Waals surface area contributed by atoms with Gasteiger partial charge >= 0.3 is 0 Å². The lowest BCUT2D eigenvalue weighted by atomic mass is 10.1. The first kappa shape index (κ1) is 28.7. The number of sulfonamides is 1. The fourth-order valence-corrected chi connectivity index (χ4v) is 4.64. The van der Waals surface area contributed by atoms with Crippen molar-refractivity contribution in [3.05, 3.63) is 64.7 Å². The summed E-state index contributed by atoms with van der Waals surface area (Å²) in [6.07, 6.45) is 2.33. The molecule has 2 rings (SSSR count). The van der Waals surface area contributed by atoms with E-state index in [9.17, 15) is 18.0 Å². The van der Waals surface area contributed by atoms with Crippen molar-refractivity contribution >= 4 is 39.1 Å². The Morgan fingerprint density at radius 2 is 1.63 bits per heavy atom. The molecular formula is C26H36ClN3O4S. The highest BCUT2D eigenvalue weighted by Gasteiger charge is 2.27. The van der Waals surface area contributed by atoms with Crippen molar-refractivity contribution in [3.8, 4) is 0 Å². The van der Waals surface area contributed by atoms with E-state index in [0.717, 1.165) is 23.8 Å². The molecule has 0 saturated heterocycles. The maximum atomic E-state index is 13.3. The molecule has 0 aliphatic rings. The quantitative estimate of drug-likeness (QED) is 0.444. The number of nitrogens with zero attached hydrogens (tertiary/aromatic N) is 2. The molecule has 2 aromatic carbocycles. The Kier molecular flexibility index (Phi) is 10.6.